The Morgan fingerprint density at radius 2 is 1.09 bits per heavy atom. The number of ether oxygens (including phenoxy) is 6. The molecular weight excluding hydrogens is 744 g/mol. The Kier molecular flexibility index (Phi) is 27.1. The van der Waals surface area contributed by atoms with Crippen LogP contribution in [-0.2, 0) is 38.0 Å². The van der Waals surface area contributed by atoms with Gasteiger partial charge in [-0.25, -0.2) is 0 Å². The molecule has 0 radical (unpaired) electrons. The Hall–Kier alpha value is -2.54. The van der Waals surface area contributed by atoms with Crippen molar-refractivity contribution in [2.24, 2.45) is 0 Å². The highest BCUT2D eigenvalue weighted by molar-refractivity contribution is 5.70. The van der Waals surface area contributed by atoms with E-state index in [1.54, 1.807) is 6.92 Å². The molecule has 0 saturated carbocycles. The number of allylic oxidation sites excluding steroid dienone is 8. The van der Waals surface area contributed by atoms with Crippen LogP contribution < -0.4 is 0 Å². The van der Waals surface area contributed by atoms with E-state index in [2.05, 4.69) is 55.5 Å². The van der Waals surface area contributed by atoms with E-state index in [1.165, 1.54) is 19.3 Å². The lowest BCUT2D eigenvalue weighted by Gasteiger charge is -2.42. The second-order valence-corrected chi connectivity index (χ2v) is 14.4. The minimum Gasteiger partial charge on any atom is -0.462 e. The largest absolute Gasteiger partial charge is 0.462 e. The highest BCUT2D eigenvalue weighted by Gasteiger charge is 2.47. The highest BCUT2D eigenvalue weighted by atomic mass is 16.7. The fourth-order valence-corrected chi connectivity index (χ4v) is 6.13. The van der Waals surface area contributed by atoms with Crippen molar-refractivity contribution >= 4 is 11.9 Å². The molecule has 2 saturated heterocycles. The van der Waals surface area contributed by atoms with E-state index in [0.29, 0.717) is 6.42 Å². The third-order valence-corrected chi connectivity index (χ3v) is 9.63. The molecule has 57 heavy (non-hydrogen) atoms. The Morgan fingerprint density at radius 3 is 1.67 bits per heavy atom. The summed E-state index contributed by atoms with van der Waals surface area (Å²) < 4.78 is 32.7. The van der Waals surface area contributed by atoms with Crippen molar-refractivity contribution in [1.29, 1.82) is 0 Å². The number of aliphatic hydroxyl groups is 7. The Morgan fingerprint density at radius 1 is 0.579 bits per heavy atom. The third kappa shape index (κ3) is 20.3. The maximum atomic E-state index is 12.7. The molecule has 0 aromatic rings. The second kappa shape index (κ2) is 30.5. The number of carbonyl (C=O) groups excluding carboxylic acids is 2. The number of aliphatic hydroxyl groups excluding tert-OH is 7. The van der Waals surface area contributed by atoms with Crippen LogP contribution in [0.2, 0.25) is 0 Å². The van der Waals surface area contributed by atoms with Crippen molar-refractivity contribution < 1.29 is 73.8 Å². The van der Waals surface area contributed by atoms with E-state index < -0.39 is 99.3 Å². The molecule has 2 fully saturated rings. The van der Waals surface area contributed by atoms with Crippen LogP contribution in [0.3, 0.4) is 0 Å². The summed E-state index contributed by atoms with van der Waals surface area (Å²) in [6.07, 6.45) is 14.3. The zero-order valence-electron chi connectivity index (χ0n) is 33.8. The van der Waals surface area contributed by atoms with E-state index in [0.717, 1.165) is 57.8 Å². The SMILES string of the molecule is CC/C=C\C/C=C\C/C=C\C/C=C\CCCCCCCCCCC(=O)OC(COC(=O)CC)COC1OC(COC2OC(CO)C(O)C(O)C2O)C(O)C(O)C1O. The van der Waals surface area contributed by atoms with Crippen molar-refractivity contribution in [2.45, 2.75) is 178 Å². The van der Waals surface area contributed by atoms with Gasteiger partial charge in [0.05, 0.1) is 19.8 Å². The van der Waals surface area contributed by atoms with Crippen LogP contribution in [0.1, 0.15) is 110 Å². The minimum absolute atomic E-state index is 0.0947. The molecule has 0 aromatic heterocycles. The second-order valence-electron chi connectivity index (χ2n) is 14.4. The monoisotopic (exact) mass is 814 g/mol. The van der Waals surface area contributed by atoms with Gasteiger partial charge in [0.25, 0.3) is 0 Å². The van der Waals surface area contributed by atoms with E-state index in [-0.39, 0.29) is 19.4 Å². The lowest BCUT2D eigenvalue weighted by atomic mass is 9.98. The van der Waals surface area contributed by atoms with Gasteiger partial charge in [-0.3, -0.25) is 9.59 Å². The van der Waals surface area contributed by atoms with Gasteiger partial charge in [-0.15, -0.1) is 0 Å². The van der Waals surface area contributed by atoms with Gasteiger partial charge in [0.1, 0.15) is 55.4 Å². The number of hydrogen-bond acceptors (Lipinski definition) is 15. The predicted molar refractivity (Wildman–Crippen MR) is 210 cm³/mol. The van der Waals surface area contributed by atoms with Gasteiger partial charge in [-0.1, -0.05) is 101 Å². The van der Waals surface area contributed by atoms with Crippen molar-refractivity contribution in [1.82, 2.24) is 0 Å². The molecule has 15 heteroatoms. The lowest BCUT2D eigenvalue weighted by molar-refractivity contribution is -0.332. The molecule has 0 aromatic carbocycles. The van der Waals surface area contributed by atoms with Gasteiger partial charge in [-0.05, 0) is 44.9 Å². The normalized spacial score (nSPS) is 28.9. The number of esters is 2. The highest BCUT2D eigenvalue weighted by Crippen LogP contribution is 2.26. The fourth-order valence-electron chi connectivity index (χ4n) is 6.13. The summed E-state index contributed by atoms with van der Waals surface area (Å²) in [4.78, 5) is 24.5. The molecule has 2 aliphatic heterocycles. The molecular formula is C42H70O15. The van der Waals surface area contributed by atoms with Crippen LogP contribution in [-0.4, -0.2) is 142 Å². The van der Waals surface area contributed by atoms with Crippen molar-refractivity contribution in [3.63, 3.8) is 0 Å². The van der Waals surface area contributed by atoms with Crippen LogP contribution in [0.15, 0.2) is 48.6 Å². The van der Waals surface area contributed by atoms with Crippen LogP contribution >= 0.6 is 0 Å². The summed E-state index contributed by atoms with van der Waals surface area (Å²) in [5.74, 6) is -1.04. The average Bonchev–Trinajstić information content (AvgIpc) is 3.21. The van der Waals surface area contributed by atoms with Crippen molar-refractivity contribution in [3.05, 3.63) is 48.6 Å². The summed E-state index contributed by atoms with van der Waals surface area (Å²) in [6, 6.07) is 0. The summed E-state index contributed by atoms with van der Waals surface area (Å²) in [7, 11) is 0. The van der Waals surface area contributed by atoms with Gasteiger partial charge in [0.15, 0.2) is 18.7 Å². The zero-order valence-corrected chi connectivity index (χ0v) is 33.8. The van der Waals surface area contributed by atoms with Crippen LogP contribution in [0.25, 0.3) is 0 Å². The smallest absolute Gasteiger partial charge is 0.306 e. The number of rotatable bonds is 29. The minimum atomic E-state index is -1.76. The van der Waals surface area contributed by atoms with E-state index in [9.17, 15) is 45.3 Å². The Balaban J connectivity index is 1.67. The van der Waals surface area contributed by atoms with Gasteiger partial charge in [0, 0.05) is 12.8 Å². The van der Waals surface area contributed by atoms with E-state index in [4.69, 9.17) is 28.4 Å². The van der Waals surface area contributed by atoms with E-state index >= 15 is 0 Å². The first-order valence-electron chi connectivity index (χ1n) is 20.7. The first-order valence-corrected chi connectivity index (χ1v) is 20.7. The Labute approximate surface area is 337 Å². The van der Waals surface area contributed by atoms with Crippen molar-refractivity contribution in [2.75, 3.05) is 26.4 Å². The lowest BCUT2D eigenvalue weighted by Crippen LogP contribution is -2.61. The first-order chi connectivity index (χ1) is 27.5. The molecule has 11 atom stereocenters. The molecule has 7 N–H and O–H groups in total. The van der Waals surface area contributed by atoms with E-state index in [1.807, 2.05) is 0 Å². The third-order valence-electron chi connectivity index (χ3n) is 9.63. The maximum absolute atomic E-state index is 12.7. The standard InChI is InChI=1S/C42H70O15/c1-3-5-6-7-8-9-10-11-12-13-14-15-16-17-18-19-20-21-22-23-24-25-34(45)55-30(27-52-33(44)4-2)28-53-41-40(51)38(49)36(47)32(57-41)29-54-42-39(50)37(48)35(46)31(26-43)56-42/h5-6,8-9,11-12,14-15,30-32,35-43,46-51H,3-4,7,10,13,16-29H2,1-2H3/b6-5-,9-8-,12-11-,15-14-. The molecule has 2 aliphatic rings. The molecule has 0 aliphatic carbocycles. The molecule has 11 unspecified atom stereocenters. The first kappa shape index (κ1) is 50.6. The number of hydrogen-bond donors (Lipinski definition) is 7. The Bertz CT molecular complexity index is 1190. The summed E-state index contributed by atoms with van der Waals surface area (Å²) in [5, 5.41) is 71.2. The summed E-state index contributed by atoms with van der Waals surface area (Å²) >= 11 is 0. The summed E-state index contributed by atoms with van der Waals surface area (Å²) in [6.45, 7) is 1.82. The van der Waals surface area contributed by atoms with Gasteiger partial charge < -0.3 is 64.2 Å². The quantitative estimate of drug-likeness (QED) is 0.0327. The van der Waals surface area contributed by atoms with Crippen molar-refractivity contribution in [3.8, 4) is 0 Å². The fraction of sp³-hybridized carbons (Fsp3) is 0.762. The maximum Gasteiger partial charge on any atom is 0.306 e. The van der Waals surface area contributed by atoms with Gasteiger partial charge >= 0.3 is 11.9 Å². The average molecular weight is 815 g/mol. The molecule has 0 amide bonds. The topological polar surface area (TPSA) is 231 Å². The molecule has 0 spiro atoms. The number of carbonyl (C=O) groups is 2. The molecule has 2 heterocycles. The van der Waals surface area contributed by atoms with Gasteiger partial charge in [0.2, 0.25) is 0 Å². The number of unbranched alkanes of at least 4 members (excludes halogenated alkanes) is 8. The van der Waals surface area contributed by atoms with Gasteiger partial charge in [-0.2, -0.15) is 0 Å². The molecule has 328 valence electrons. The molecule has 0 bridgehead atoms. The zero-order chi connectivity index (χ0) is 41.8. The van der Waals surface area contributed by atoms with Crippen LogP contribution in [0, 0.1) is 0 Å². The molecule has 15 nitrogen and oxygen atoms in total. The summed E-state index contributed by atoms with van der Waals surface area (Å²) in [5.41, 5.74) is 0. The predicted octanol–water partition coefficient (Wildman–Crippen LogP) is 3.20. The van der Waals surface area contributed by atoms with Crippen LogP contribution in [0.5, 0.6) is 0 Å². The van der Waals surface area contributed by atoms with Crippen LogP contribution in [0.4, 0.5) is 0 Å². The molecule has 2 rings (SSSR count).